The molecule has 3 aromatic carbocycles. The lowest BCUT2D eigenvalue weighted by molar-refractivity contribution is -0.136. The van der Waals surface area contributed by atoms with E-state index in [1.54, 1.807) is 0 Å². The zero-order valence-corrected chi connectivity index (χ0v) is 21.9. The van der Waals surface area contributed by atoms with Gasteiger partial charge in [0.25, 0.3) is 0 Å². The van der Waals surface area contributed by atoms with Crippen molar-refractivity contribution in [1.82, 2.24) is 0 Å². The van der Waals surface area contributed by atoms with E-state index < -0.39 is 16.8 Å². The van der Waals surface area contributed by atoms with Crippen molar-refractivity contribution < 1.29 is 23.6 Å². The van der Waals surface area contributed by atoms with Crippen molar-refractivity contribution in [2.45, 2.75) is 51.6 Å². The van der Waals surface area contributed by atoms with Gasteiger partial charge in [0.2, 0.25) is 0 Å². The van der Waals surface area contributed by atoms with Gasteiger partial charge in [0.05, 0.1) is 6.61 Å². The Morgan fingerprint density at radius 1 is 0.838 bits per heavy atom. The van der Waals surface area contributed by atoms with E-state index in [1.165, 1.54) is 22.3 Å². The van der Waals surface area contributed by atoms with E-state index in [0.717, 1.165) is 66.2 Å². The second-order valence-corrected chi connectivity index (χ2v) is 11.8. The Morgan fingerprint density at radius 3 is 2.35 bits per heavy atom. The average molecular weight is 519 g/mol. The number of hydrogen-bond acceptors (Lipinski definition) is 4. The fourth-order valence-corrected chi connectivity index (χ4v) is 6.57. The molecule has 1 heterocycles. The van der Waals surface area contributed by atoms with E-state index in [-0.39, 0.29) is 6.42 Å². The molecule has 5 nitrogen and oxygen atoms in total. The Kier molecular flexibility index (Phi) is 8.24. The zero-order chi connectivity index (χ0) is 25.6. The Hall–Kier alpha value is -3.12. The number of aryl methyl sites for hydroxylation is 3. The standard InChI is InChI=1S/C31H34O5S/c32-31(33)13-7-22-5-9-27(10-6-22)35-21-24-4-8-25-2-1-3-26-19-28(11-12-29(26)30(25)18-24)36-20-23-14-16-37(34)17-15-23/h4-6,8-12,18-19,23H,1-3,7,13-17,20-21H2,(H,32,33). The molecule has 194 valence electrons. The van der Waals surface area contributed by atoms with Crippen LogP contribution < -0.4 is 9.47 Å². The number of fused-ring (bicyclic) bond motifs is 3. The maximum Gasteiger partial charge on any atom is 0.303 e. The molecule has 0 radical (unpaired) electrons. The summed E-state index contributed by atoms with van der Waals surface area (Å²) in [5.74, 6) is 3.03. The summed E-state index contributed by atoms with van der Waals surface area (Å²) >= 11 is 0. The third-order valence-electron chi connectivity index (χ3n) is 7.38. The predicted octanol–water partition coefficient (Wildman–Crippen LogP) is 5.98. The van der Waals surface area contributed by atoms with Gasteiger partial charge in [-0.3, -0.25) is 9.00 Å². The molecular weight excluding hydrogens is 484 g/mol. The quantitative estimate of drug-likeness (QED) is 0.378. The molecular formula is C31H34O5S. The molecule has 2 aliphatic rings. The van der Waals surface area contributed by atoms with E-state index in [4.69, 9.17) is 14.6 Å². The Balaban J connectivity index is 1.24. The second-order valence-electron chi connectivity index (χ2n) is 10.1. The summed E-state index contributed by atoms with van der Waals surface area (Å²) in [7, 11) is -0.634. The van der Waals surface area contributed by atoms with E-state index in [0.29, 0.717) is 25.6 Å². The number of carboxylic acid groups (broad SMARTS) is 1. The first-order valence-electron chi connectivity index (χ1n) is 13.2. The van der Waals surface area contributed by atoms with Gasteiger partial charge in [-0.1, -0.05) is 30.3 Å². The van der Waals surface area contributed by atoms with Gasteiger partial charge in [-0.15, -0.1) is 0 Å². The molecule has 0 unspecified atom stereocenters. The van der Waals surface area contributed by atoms with Crippen LogP contribution in [-0.4, -0.2) is 33.4 Å². The van der Waals surface area contributed by atoms with E-state index in [2.05, 4.69) is 36.4 Å². The maximum atomic E-state index is 11.6. The second kappa shape index (κ2) is 12.0. The van der Waals surface area contributed by atoms with Crippen LogP contribution in [0.1, 0.15) is 47.9 Å². The summed E-state index contributed by atoms with van der Waals surface area (Å²) in [5.41, 5.74) is 7.37. The topological polar surface area (TPSA) is 72.8 Å². The lowest BCUT2D eigenvalue weighted by Gasteiger charge is -2.22. The summed E-state index contributed by atoms with van der Waals surface area (Å²) in [6, 6.07) is 20.8. The highest BCUT2D eigenvalue weighted by atomic mass is 32.2. The Morgan fingerprint density at radius 2 is 1.57 bits per heavy atom. The number of ether oxygens (including phenoxy) is 2. The fraction of sp³-hybridized carbons (Fsp3) is 0.387. The van der Waals surface area contributed by atoms with Crippen molar-refractivity contribution in [3.05, 3.63) is 82.9 Å². The van der Waals surface area contributed by atoms with Crippen LogP contribution in [0, 0.1) is 5.92 Å². The molecule has 0 spiro atoms. The van der Waals surface area contributed by atoms with Gasteiger partial charge < -0.3 is 14.6 Å². The molecule has 0 aromatic heterocycles. The predicted molar refractivity (Wildman–Crippen MR) is 147 cm³/mol. The number of carbonyl (C=O) groups is 1. The minimum absolute atomic E-state index is 0.133. The first-order chi connectivity index (χ1) is 18.0. The monoisotopic (exact) mass is 518 g/mol. The lowest BCUT2D eigenvalue weighted by Crippen LogP contribution is -2.23. The number of benzene rings is 3. The number of carboxylic acids is 1. The molecule has 1 aliphatic carbocycles. The fourth-order valence-electron chi connectivity index (χ4n) is 5.17. The zero-order valence-electron chi connectivity index (χ0n) is 21.1. The van der Waals surface area contributed by atoms with E-state index in [9.17, 15) is 9.00 Å². The molecule has 5 rings (SSSR count). The molecule has 37 heavy (non-hydrogen) atoms. The van der Waals surface area contributed by atoms with Crippen LogP contribution in [-0.2, 0) is 41.5 Å². The maximum absolute atomic E-state index is 11.6. The third-order valence-corrected chi connectivity index (χ3v) is 8.77. The van der Waals surface area contributed by atoms with Gasteiger partial charge in [0, 0.05) is 28.7 Å². The van der Waals surface area contributed by atoms with Crippen LogP contribution in [0.25, 0.3) is 11.1 Å². The van der Waals surface area contributed by atoms with Gasteiger partial charge in [-0.2, -0.15) is 0 Å². The van der Waals surface area contributed by atoms with E-state index >= 15 is 0 Å². The molecule has 0 atom stereocenters. The molecule has 1 saturated heterocycles. The van der Waals surface area contributed by atoms with Crippen molar-refractivity contribution in [2.75, 3.05) is 18.1 Å². The molecule has 0 bridgehead atoms. The molecule has 6 heteroatoms. The Bertz CT molecular complexity index is 1260. The summed E-state index contributed by atoms with van der Waals surface area (Å²) in [6.07, 6.45) is 5.84. The van der Waals surface area contributed by atoms with Crippen LogP contribution in [0.2, 0.25) is 0 Å². The smallest absolute Gasteiger partial charge is 0.303 e. The van der Waals surface area contributed by atoms with Crippen molar-refractivity contribution in [1.29, 1.82) is 0 Å². The highest BCUT2D eigenvalue weighted by Crippen LogP contribution is 2.35. The van der Waals surface area contributed by atoms with Crippen molar-refractivity contribution >= 4 is 16.8 Å². The molecule has 1 fully saturated rings. The van der Waals surface area contributed by atoms with Gasteiger partial charge in [-0.05, 0) is 108 Å². The summed E-state index contributed by atoms with van der Waals surface area (Å²) in [4.78, 5) is 10.8. The number of aliphatic carboxylic acids is 1. The van der Waals surface area contributed by atoms with Crippen molar-refractivity contribution in [2.24, 2.45) is 5.92 Å². The summed E-state index contributed by atoms with van der Waals surface area (Å²) < 4.78 is 23.8. The van der Waals surface area contributed by atoms with Crippen LogP contribution in [0.4, 0.5) is 0 Å². The van der Waals surface area contributed by atoms with Crippen molar-refractivity contribution in [3.63, 3.8) is 0 Å². The van der Waals surface area contributed by atoms with Crippen LogP contribution in [0.3, 0.4) is 0 Å². The minimum atomic E-state index is -0.784. The first-order valence-corrected chi connectivity index (χ1v) is 14.7. The Labute approximate surface area is 221 Å². The van der Waals surface area contributed by atoms with Gasteiger partial charge in [0.15, 0.2) is 0 Å². The molecule has 0 saturated carbocycles. The first kappa shape index (κ1) is 25.5. The largest absolute Gasteiger partial charge is 0.493 e. The van der Waals surface area contributed by atoms with Gasteiger partial charge in [0.1, 0.15) is 18.1 Å². The highest BCUT2D eigenvalue weighted by Gasteiger charge is 2.20. The normalized spacial score (nSPS) is 18.8. The van der Waals surface area contributed by atoms with Crippen molar-refractivity contribution in [3.8, 4) is 22.6 Å². The molecule has 1 aliphatic heterocycles. The van der Waals surface area contributed by atoms with Crippen LogP contribution in [0.15, 0.2) is 60.7 Å². The molecule has 1 N–H and O–H groups in total. The average Bonchev–Trinajstić information content (AvgIpc) is 3.09. The summed E-state index contributed by atoms with van der Waals surface area (Å²) in [5, 5.41) is 8.86. The van der Waals surface area contributed by atoms with Crippen LogP contribution >= 0.6 is 0 Å². The van der Waals surface area contributed by atoms with Gasteiger partial charge >= 0.3 is 5.97 Å². The minimum Gasteiger partial charge on any atom is -0.493 e. The SMILES string of the molecule is O=C(O)CCc1ccc(OCc2ccc3c(c2)-c2ccc(OCC4CCS(=O)CC4)cc2CCC3)cc1. The lowest BCUT2D eigenvalue weighted by atomic mass is 9.95. The van der Waals surface area contributed by atoms with Gasteiger partial charge in [-0.25, -0.2) is 0 Å². The molecule has 0 amide bonds. The van der Waals surface area contributed by atoms with Crippen LogP contribution in [0.5, 0.6) is 11.5 Å². The number of rotatable bonds is 9. The van der Waals surface area contributed by atoms with E-state index in [1.807, 2.05) is 24.3 Å². The summed E-state index contributed by atoms with van der Waals surface area (Å²) in [6.45, 7) is 1.18. The third kappa shape index (κ3) is 6.80. The highest BCUT2D eigenvalue weighted by molar-refractivity contribution is 7.85. The number of hydrogen-bond donors (Lipinski definition) is 1. The molecule has 3 aromatic rings.